The normalized spacial score (nSPS) is 13.6. The lowest BCUT2D eigenvalue weighted by molar-refractivity contribution is 0.212. The Balaban J connectivity index is 3.13. The molecule has 1 aromatic carbocycles. The van der Waals surface area contributed by atoms with E-state index in [-0.39, 0.29) is 13.2 Å². The number of nitrogens with two attached hydrogens (primary N) is 1. The number of halogens is 1. The average molecular weight is 275 g/mol. The first-order chi connectivity index (χ1) is 8.44. The zero-order valence-electron chi connectivity index (χ0n) is 10.9. The molecule has 102 valence electrons. The predicted octanol–water partition coefficient (Wildman–Crippen LogP) is 3.36. The summed E-state index contributed by atoms with van der Waals surface area (Å²) in [5.74, 6) is -1.40. The van der Waals surface area contributed by atoms with Crippen molar-refractivity contribution in [3.63, 3.8) is 0 Å². The fourth-order valence-electron chi connectivity index (χ4n) is 1.66. The second-order valence-corrected chi connectivity index (χ2v) is 5.97. The monoisotopic (exact) mass is 275 g/mol. The highest BCUT2D eigenvalue weighted by molar-refractivity contribution is 7.54. The molecule has 0 aliphatic carbocycles. The molecule has 1 rings (SSSR count). The van der Waals surface area contributed by atoms with Crippen LogP contribution in [0.4, 0.5) is 4.39 Å². The van der Waals surface area contributed by atoms with Gasteiger partial charge in [0.25, 0.3) is 0 Å². The van der Waals surface area contributed by atoms with Crippen molar-refractivity contribution < 1.29 is 18.0 Å². The molecule has 0 fully saturated rings. The quantitative estimate of drug-likeness (QED) is 0.809. The Bertz CT molecular complexity index is 443. The first-order valence-corrected chi connectivity index (χ1v) is 7.46. The van der Waals surface area contributed by atoms with Crippen LogP contribution in [-0.2, 0) is 13.6 Å². The van der Waals surface area contributed by atoms with Crippen LogP contribution < -0.4 is 5.73 Å². The lowest BCUT2D eigenvalue weighted by atomic mass is 10.1. The summed E-state index contributed by atoms with van der Waals surface area (Å²) in [5, 5.41) is 0. The lowest BCUT2D eigenvalue weighted by Crippen LogP contribution is -2.16. The minimum Gasteiger partial charge on any atom is -0.314 e. The van der Waals surface area contributed by atoms with E-state index in [0.717, 1.165) is 5.56 Å². The van der Waals surface area contributed by atoms with Gasteiger partial charge >= 0.3 is 7.60 Å². The van der Waals surface area contributed by atoms with Crippen LogP contribution in [0.3, 0.4) is 0 Å². The van der Waals surface area contributed by atoms with Crippen molar-refractivity contribution in [3.8, 4) is 0 Å². The maximum Gasteiger partial charge on any atom is 0.351 e. The molecular formula is C12H19FNO3P. The predicted molar refractivity (Wildman–Crippen MR) is 68.9 cm³/mol. The number of hydrogen-bond donors (Lipinski definition) is 1. The van der Waals surface area contributed by atoms with Gasteiger partial charge in [-0.15, -0.1) is 0 Å². The van der Waals surface area contributed by atoms with Gasteiger partial charge in [0.15, 0.2) is 0 Å². The standard InChI is InChI=1S/C12H19FNO3P/c1-4-16-18(15,17-5-2)12(14)11-8-10(13)7-6-9(11)3/h6-8,12H,4-5,14H2,1-3H3/t12-/m0/s1. The molecule has 0 spiro atoms. The summed E-state index contributed by atoms with van der Waals surface area (Å²) >= 11 is 0. The van der Waals surface area contributed by atoms with E-state index in [1.165, 1.54) is 12.1 Å². The van der Waals surface area contributed by atoms with E-state index >= 15 is 0 Å². The van der Waals surface area contributed by atoms with Crippen LogP contribution >= 0.6 is 7.60 Å². The van der Waals surface area contributed by atoms with Crippen molar-refractivity contribution in [3.05, 3.63) is 35.1 Å². The Morgan fingerprint density at radius 2 is 1.89 bits per heavy atom. The van der Waals surface area contributed by atoms with Crippen molar-refractivity contribution in [2.45, 2.75) is 26.6 Å². The Hall–Kier alpha value is -0.740. The van der Waals surface area contributed by atoms with E-state index in [1.807, 2.05) is 0 Å². The third-order valence-corrected chi connectivity index (χ3v) is 4.71. The fourth-order valence-corrected chi connectivity index (χ4v) is 3.39. The summed E-state index contributed by atoms with van der Waals surface area (Å²) in [7, 11) is -3.47. The van der Waals surface area contributed by atoms with Gasteiger partial charge in [-0.25, -0.2) is 4.39 Å². The Morgan fingerprint density at radius 3 is 2.39 bits per heavy atom. The molecule has 0 aromatic heterocycles. The molecule has 4 nitrogen and oxygen atoms in total. The van der Waals surface area contributed by atoms with Crippen molar-refractivity contribution in [2.24, 2.45) is 5.73 Å². The molecule has 1 aromatic rings. The SMILES string of the molecule is CCOP(=O)(OCC)[C@H](N)c1cc(F)ccc1C. The van der Waals surface area contributed by atoms with Gasteiger partial charge in [0, 0.05) is 0 Å². The van der Waals surface area contributed by atoms with Crippen molar-refractivity contribution in [1.29, 1.82) is 0 Å². The van der Waals surface area contributed by atoms with Gasteiger partial charge in [-0.3, -0.25) is 4.57 Å². The number of hydrogen-bond acceptors (Lipinski definition) is 4. The van der Waals surface area contributed by atoms with Crippen molar-refractivity contribution >= 4 is 7.60 Å². The molecule has 0 unspecified atom stereocenters. The first kappa shape index (κ1) is 15.3. The molecule has 0 bridgehead atoms. The van der Waals surface area contributed by atoms with E-state index in [2.05, 4.69) is 0 Å². The van der Waals surface area contributed by atoms with Gasteiger partial charge in [0.05, 0.1) is 13.2 Å². The summed E-state index contributed by atoms with van der Waals surface area (Å²) in [6.07, 6.45) is 0. The van der Waals surface area contributed by atoms with E-state index in [4.69, 9.17) is 14.8 Å². The maximum absolute atomic E-state index is 13.2. The number of aryl methyl sites for hydroxylation is 1. The smallest absolute Gasteiger partial charge is 0.314 e. The lowest BCUT2D eigenvalue weighted by Gasteiger charge is -2.24. The third kappa shape index (κ3) is 3.39. The third-order valence-electron chi connectivity index (χ3n) is 2.52. The molecule has 0 heterocycles. The van der Waals surface area contributed by atoms with Gasteiger partial charge in [-0.1, -0.05) is 6.07 Å². The van der Waals surface area contributed by atoms with E-state index in [0.29, 0.717) is 5.56 Å². The van der Waals surface area contributed by atoms with Crippen LogP contribution in [0.5, 0.6) is 0 Å². The molecule has 18 heavy (non-hydrogen) atoms. The number of benzene rings is 1. The number of rotatable bonds is 6. The van der Waals surface area contributed by atoms with Gasteiger partial charge < -0.3 is 14.8 Å². The molecule has 0 saturated carbocycles. The Kier molecular flexibility index (Phi) is 5.47. The van der Waals surface area contributed by atoms with Crippen molar-refractivity contribution in [1.82, 2.24) is 0 Å². The summed E-state index contributed by atoms with van der Waals surface area (Å²) in [6, 6.07) is 4.19. The molecule has 0 aliphatic heterocycles. The zero-order chi connectivity index (χ0) is 13.8. The summed E-state index contributed by atoms with van der Waals surface area (Å²) in [6.45, 7) is 5.63. The highest BCUT2D eigenvalue weighted by Gasteiger charge is 2.34. The summed E-state index contributed by atoms with van der Waals surface area (Å²) < 4.78 is 36.1. The zero-order valence-corrected chi connectivity index (χ0v) is 11.7. The first-order valence-electron chi connectivity index (χ1n) is 5.85. The minimum absolute atomic E-state index is 0.222. The van der Waals surface area contributed by atoms with Crippen molar-refractivity contribution in [2.75, 3.05) is 13.2 Å². The molecule has 0 radical (unpaired) electrons. The van der Waals surface area contributed by atoms with Gasteiger partial charge in [0.1, 0.15) is 11.6 Å². The summed E-state index contributed by atoms with van der Waals surface area (Å²) in [5.41, 5.74) is 7.13. The van der Waals surface area contributed by atoms with Gasteiger partial charge in [-0.05, 0) is 44.0 Å². The molecule has 6 heteroatoms. The second kappa shape index (κ2) is 6.43. The molecule has 0 aliphatic rings. The highest BCUT2D eigenvalue weighted by Crippen LogP contribution is 2.58. The van der Waals surface area contributed by atoms with Crippen LogP contribution in [0.1, 0.15) is 30.8 Å². The summed E-state index contributed by atoms with van der Waals surface area (Å²) in [4.78, 5) is 0. The molecule has 0 saturated heterocycles. The molecule has 2 N–H and O–H groups in total. The van der Waals surface area contributed by atoms with Gasteiger partial charge in [0.2, 0.25) is 0 Å². The molecule has 0 amide bonds. The van der Waals surface area contributed by atoms with Crippen LogP contribution in [-0.4, -0.2) is 13.2 Å². The average Bonchev–Trinajstić information content (AvgIpc) is 2.32. The maximum atomic E-state index is 13.2. The highest BCUT2D eigenvalue weighted by atomic mass is 31.2. The Labute approximate surface area is 107 Å². The Morgan fingerprint density at radius 1 is 1.33 bits per heavy atom. The van der Waals surface area contributed by atoms with E-state index in [1.54, 1.807) is 26.8 Å². The van der Waals surface area contributed by atoms with E-state index in [9.17, 15) is 8.96 Å². The fraction of sp³-hybridized carbons (Fsp3) is 0.500. The van der Waals surface area contributed by atoms with E-state index < -0.39 is 19.2 Å². The topological polar surface area (TPSA) is 61.5 Å². The van der Waals surface area contributed by atoms with Gasteiger partial charge in [-0.2, -0.15) is 0 Å². The largest absolute Gasteiger partial charge is 0.351 e. The van der Waals surface area contributed by atoms with Crippen LogP contribution in [0.15, 0.2) is 18.2 Å². The van der Waals surface area contributed by atoms with Crippen LogP contribution in [0.25, 0.3) is 0 Å². The molecular weight excluding hydrogens is 256 g/mol. The van der Waals surface area contributed by atoms with Crippen LogP contribution in [0.2, 0.25) is 0 Å². The molecule has 1 atom stereocenters. The minimum atomic E-state index is -3.47. The van der Waals surface area contributed by atoms with Crippen LogP contribution in [0, 0.1) is 12.7 Å². The second-order valence-electron chi connectivity index (χ2n) is 3.82.